The number of hydrogen-bond acceptors (Lipinski definition) is 6. The van der Waals surface area contributed by atoms with Gasteiger partial charge in [0.15, 0.2) is 5.69 Å². The molecular formula is C24H21F3N6O2. The number of rotatable bonds is 4. The molecule has 1 aliphatic rings. The molecule has 8 nitrogen and oxygen atoms in total. The molecule has 5 rings (SSSR count). The van der Waals surface area contributed by atoms with Crippen molar-refractivity contribution in [3.05, 3.63) is 72.2 Å². The molecule has 1 saturated heterocycles. The van der Waals surface area contributed by atoms with E-state index < -0.39 is 17.8 Å². The van der Waals surface area contributed by atoms with Gasteiger partial charge >= 0.3 is 6.18 Å². The average molecular weight is 482 g/mol. The fourth-order valence-electron chi connectivity index (χ4n) is 4.02. The van der Waals surface area contributed by atoms with Gasteiger partial charge in [-0.15, -0.1) is 5.10 Å². The van der Waals surface area contributed by atoms with E-state index in [1.54, 1.807) is 29.2 Å². The Bertz CT molecular complexity index is 1350. The molecule has 0 aliphatic carbocycles. The molecule has 0 saturated carbocycles. The maximum Gasteiger partial charge on any atom is 0.433 e. The number of benzene rings is 2. The van der Waals surface area contributed by atoms with Crippen LogP contribution in [0.3, 0.4) is 0 Å². The second kappa shape index (κ2) is 8.90. The Morgan fingerprint density at radius 2 is 1.63 bits per heavy atom. The van der Waals surface area contributed by atoms with Crippen molar-refractivity contribution >= 4 is 17.4 Å². The summed E-state index contributed by atoms with van der Waals surface area (Å²) in [6, 6.07) is 17.2. The lowest BCUT2D eigenvalue weighted by molar-refractivity contribution is -0.142. The minimum atomic E-state index is -4.72. The Balaban J connectivity index is 1.43. The van der Waals surface area contributed by atoms with E-state index in [1.807, 2.05) is 30.3 Å². The highest BCUT2D eigenvalue weighted by Crippen LogP contribution is 2.32. The number of ether oxygens (including phenoxy) is 1. The number of aromatic nitrogens is 4. The molecule has 1 amide bonds. The third kappa shape index (κ3) is 4.48. The van der Waals surface area contributed by atoms with Crippen LogP contribution >= 0.6 is 0 Å². The largest absolute Gasteiger partial charge is 0.497 e. The van der Waals surface area contributed by atoms with E-state index in [4.69, 9.17) is 4.74 Å². The number of carbonyl (C=O) groups excluding carboxylic acids is 1. The van der Waals surface area contributed by atoms with Crippen LogP contribution in [0.1, 0.15) is 16.3 Å². The predicted molar refractivity (Wildman–Crippen MR) is 122 cm³/mol. The average Bonchev–Trinajstić information content (AvgIpc) is 3.32. The Morgan fingerprint density at radius 1 is 0.943 bits per heavy atom. The van der Waals surface area contributed by atoms with Crippen LogP contribution in [0.4, 0.5) is 18.9 Å². The van der Waals surface area contributed by atoms with Crippen LogP contribution in [0.15, 0.2) is 60.7 Å². The molecule has 2 aromatic heterocycles. The SMILES string of the molecule is COc1ccc(-c2cc(C(F)(F)F)n3nc(C(=O)N4CCN(c5ccccc5)CC4)nc3n2)cc1. The molecule has 4 aromatic rings. The fourth-order valence-corrected chi connectivity index (χ4v) is 4.02. The number of anilines is 1. The molecule has 1 aliphatic heterocycles. The monoisotopic (exact) mass is 482 g/mol. The molecule has 0 unspecified atom stereocenters. The van der Waals surface area contributed by atoms with Gasteiger partial charge in [0, 0.05) is 37.4 Å². The number of hydrogen-bond donors (Lipinski definition) is 0. The summed E-state index contributed by atoms with van der Waals surface area (Å²) in [6.07, 6.45) is -4.72. The minimum absolute atomic E-state index is 0.0651. The van der Waals surface area contributed by atoms with Gasteiger partial charge in [-0.05, 0) is 42.5 Å². The molecule has 0 atom stereocenters. The maximum atomic E-state index is 13.9. The van der Waals surface area contributed by atoms with E-state index in [9.17, 15) is 18.0 Å². The summed E-state index contributed by atoms with van der Waals surface area (Å²) in [5, 5.41) is 3.89. The topological polar surface area (TPSA) is 75.9 Å². The highest BCUT2D eigenvalue weighted by Gasteiger charge is 2.36. The Labute approximate surface area is 198 Å². The molecule has 0 N–H and O–H groups in total. The van der Waals surface area contributed by atoms with Crippen molar-refractivity contribution in [3.63, 3.8) is 0 Å². The van der Waals surface area contributed by atoms with E-state index in [2.05, 4.69) is 20.0 Å². The van der Waals surface area contributed by atoms with E-state index in [-0.39, 0.29) is 17.3 Å². The summed E-state index contributed by atoms with van der Waals surface area (Å²) >= 11 is 0. The molecule has 0 spiro atoms. The van der Waals surface area contributed by atoms with Gasteiger partial charge in [0.05, 0.1) is 12.8 Å². The molecule has 180 valence electrons. The van der Waals surface area contributed by atoms with Gasteiger partial charge in [0.2, 0.25) is 5.82 Å². The van der Waals surface area contributed by atoms with Crippen LogP contribution < -0.4 is 9.64 Å². The zero-order valence-corrected chi connectivity index (χ0v) is 18.7. The molecule has 0 bridgehead atoms. The quantitative estimate of drug-likeness (QED) is 0.441. The number of nitrogens with zero attached hydrogens (tertiary/aromatic N) is 6. The van der Waals surface area contributed by atoms with Crippen molar-refractivity contribution in [2.75, 3.05) is 38.2 Å². The number of carbonyl (C=O) groups is 1. The predicted octanol–water partition coefficient (Wildman–Crippen LogP) is 3.78. The van der Waals surface area contributed by atoms with Crippen LogP contribution in [-0.4, -0.2) is 63.7 Å². The molecule has 35 heavy (non-hydrogen) atoms. The van der Waals surface area contributed by atoms with Crippen LogP contribution in [0.5, 0.6) is 5.75 Å². The summed E-state index contributed by atoms with van der Waals surface area (Å²) in [4.78, 5) is 25.1. The fraction of sp³-hybridized carbons (Fsp3) is 0.250. The lowest BCUT2D eigenvalue weighted by Crippen LogP contribution is -2.49. The maximum absolute atomic E-state index is 13.9. The van der Waals surface area contributed by atoms with Gasteiger partial charge in [0.1, 0.15) is 5.75 Å². The number of fused-ring (bicyclic) bond motifs is 1. The third-order valence-electron chi connectivity index (χ3n) is 5.87. The highest BCUT2D eigenvalue weighted by molar-refractivity contribution is 5.91. The van der Waals surface area contributed by atoms with Gasteiger partial charge < -0.3 is 14.5 Å². The van der Waals surface area contributed by atoms with Crippen LogP contribution in [0.25, 0.3) is 17.0 Å². The molecule has 0 radical (unpaired) electrons. The second-order valence-electron chi connectivity index (χ2n) is 8.01. The minimum Gasteiger partial charge on any atom is -0.497 e. The van der Waals surface area contributed by atoms with Crippen molar-refractivity contribution in [1.29, 1.82) is 0 Å². The van der Waals surface area contributed by atoms with E-state index in [0.717, 1.165) is 11.8 Å². The second-order valence-corrected chi connectivity index (χ2v) is 8.01. The molecular weight excluding hydrogens is 461 g/mol. The summed E-state index contributed by atoms with van der Waals surface area (Å²) in [6.45, 7) is 1.99. The molecule has 11 heteroatoms. The van der Waals surface area contributed by atoms with Crippen LogP contribution in [0, 0.1) is 0 Å². The van der Waals surface area contributed by atoms with E-state index >= 15 is 0 Å². The number of methoxy groups -OCH3 is 1. The lowest BCUT2D eigenvalue weighted by Gasteiger charge is -2.35. The highest BCUT2D eigenvalue weighted by atomic mass is 19.4. The first-order chi connectivity index (χ1) is 16.8. The van der Waals surface area contributed by atoms with Crippen molar-refractivity contribution in [3.8, 4) is 17.0 Å². The zero-order chi connectivity index (χ0) is 24.6. The summed E-state index contributed by atoms with van der Waals surface area (Å²) in [7, 11) is 1.50. The van der Waals surface area contributed by atoms with Gasteiger partial charge in [-0.3, -0.25) is 4.79 Å². The normalized spacial score (nSPS) is 14.4. The Kier molecular flexibility index (Phi) is 5.75. The van der Waals surface area contributed by atoms with Gasteiger partial charge in [-0.25, -0.2) is 4.98 Å². The number of piperazine rings is 1. The number of amides is 1. The Hall–Kier alpha value is -4.15. The Morgan fingerprint density at radius 3 is 2.26 bits per heavy atom. The first-order valence-electron chi connectivity index (χ1n) is 10.9. The van der Waals surface area contributed by atoms with Gasteiger partial charge in [0.25, 0.3) is 11.7 Å². The molecule has 3 heterocycles. The number of alkyl halides is 3. The van der Waals surface area contributed by atoms with E-state index in [1.165, 1.54) is 7.11 Å². The van der Waals surface area contributed by atoms with Crippen LogP contribution in [-0.2, 0) is 6.18 Å². The van der Waals surface area contributed by atoms with Crippen molar-refractivity contribution < 1.29 is 22.7 Å². The molecule has 2 aromatic carbocycles. The summed E-state index contributed by atoms with van der Waals surface area (Å²) < 4.78 is 47.3. The molecule has 1 fully saturated rings. The van der Waals surface area contributed by atoms with Crippen molar-refractivity contribution in [2.45, 2.75) is 6.18 Å². The smallest absolute Gasteiger partial charge is 0.433 e. The first-order valence-corrected chi connectivity index (χ1v) is 10.9. The standard InChI is InChI=1S/C24H21F3N6O2/c1-35-18-9-7-16(8-10-18)19-15-20(24(25,26)27)33-23(28-19)29-21(30-33)22(34)32-13-11-31(12-14-32)17-5-3-2-4-6-17/h2-10,15H,11-14H2,1H3. The van der Waals surface area contributed by atoms with Crippen molar-refractivity contribution in [1.82, 2.24) is 24.5 Å². The van der Waals surface area contributed by atoms with Gasteiger partial charge in [-0.1, -0.05) is 18.2 Å². The summed E-state index contributed by atoms with van der Waals surface area (Å²) in [5.74, 6) is -0.573. The van der Waals surface area contributed by atoms with E-state index in [0.29, 0.717) is 42.0 Å². The first kappa shape index (κ1) is 22.6. The number of para-hydroxylation sites is 1. The zero-order valence-electron chi connectivity index (χ0n) is 18.7. The van der Waals surface area contributed by atoms with Crippen LogP contribution in [0.2, 0.25) is 0 Å². The van der Waals surface area contributed by atoms with Gasteiger partial charge in [-0.2, -0.15) is 22.7 Å². The van der Waals surface area contributed by atoms with Crippen molar-refractivity contribution in [2.24, 2.45) is 0 Å². The summed E-state index contributed by atoms with van der Waals surface area (Å²) in [5.41, 5.74) is 0.506. The lowest BCUT2D eigenvalue weighted by atomic mass is 10.1. The number of halogens is 3. The third-order valence-corrected chi connectivity index (χ3v) is 5.87.